The number of amides is 1. The molecule has 0 radical (unpaired) electrons. The summed E-state index contributed by atoms with van der Waals surface area (Å²) < 4.78 is 14.1. The fourth-order valence-corrected chi connectivity index (χ4v) is 3.27. The minimum atomic E-state index is -0.325. The molecule has 3 rings (SSSR count). The van der Waals surface area contributed by atoms with Crippen molar-refractivity contribution < 1.29 is 9.18 Å². The lowest BCUT2D eigenvalue weighted by atomic mass is 10.1. The quantitative estimate of drug-likeness (QED) is 0.756. The maximum atomic E-state index is 13.1. The second-order valence-corrected chi connectivity index (χ2v) is 7.13. The number of benzene rings is 2. The predicted molar refractivity (Wildman–Crippen MR) is 96.7 cm³/mol. The molecule has 0 N–H and O–H groups in total. The average Bonchev–Trinajstić information content (AvgIpc) is 2.58. The molecule has 3 nitrogen and oxygen atoms in total. The first-order valence-corrected chi connectivity index (χ1v) is 8.91. The van der Waals surface area contributed by atoms with Crippen LogP contribution in [0.15, 0.2) is 46.9 Å². The van der Waals surface area contributed by atoms with Crippen LogP contribution in [0.1, 0.15) is 15.9 Å². The summed E-state index contributed by atoms with van der Waals surface area (Å²) >= 11 is 9.46. The van der Waals surface area contributed by atoms with Crippen molar-refractivity contribution in [2.45, 2.75) is 6.54 Å². The number of carbonyl (C=O) groups is 1. The van der Waals surface area contributed by atoms with Crippen molar-refractivity contribution in [1.82, 2.24) is 9.80 Å². The van der Waals surface area contributed by atoms with Gasteiger partial charge in [0.05, 0.1) is 0 Å². The van der Waals surface area contributed by atoms with E-state index in [4.69, 9.17) is 11.6 Å². The van der Waals surface area contributed by atoms with Crippen molar-refractivity contribution in [1.29, 1.82) is 0 Å². The van der Waals surface area contributed by atoms with E-state index in [2.05, 4.69) is 20.8 Å². The normalized spacial score (nSPS) is 15.5. The molecule has 0 saturated carbocycles. The van der Waals surface area contributed by atoms with Gasteiger partial charge in [-0.3, -0.25) is 9.69 Å². The highest BCUT2D eigenvalue weighted by molar-refractivity contribution is 9.10. The van der Waals surface area contributed by atoms with Gasteiger partial charge in [0.1, 0.15) is 5.82 Å². The Hall–Kier alpha value is -1.43. The molecule has 126 valence electrons. The second kappa shape index (κ2) is 7.64. The Labute approximate surface area is 154 Å². The number of piperazine rings is 1. The van der Waals surface area contributed by atoms with Crippen LogP contribution >= 0.6 is 27.5 Å². The zero-order valence-corrected chi connectivity index (χ0v) is 15.4. The largest absolute Gasteiger partial charge is 0.336 e. The Morgan fingerprint density at radius 2 is 1.75 bits per heavy atom. The van der Waals surface area contributed by atoms with Crippen LogP contribution in [0.4, 0.5) is 4.39 Å². The van der Waals surface area contributed by atoms with Crippen LogP contribution in [0.5, 0.6) is 0 Å². The van der Waals surface area contributed by atoms with Gasteiger partial charge < -0.3 is 4.90 Å². The smallest absolute Gasteiger partial charge is 0.253 e. The summed E-state index contributed by atoms with van der Waals surface area (Å²) in [6.07, 6.45) is 0. The molecular formula is C18H17BrClFN2O. The minimum absolute atomic E-state index is 0.0574. The summed E-state index contributed by atoms with van der Waals surface area (Å²) in [7, 11) is 0. The molecule has 0 aliphatic carbocycles. The van der Waals surface area contributed by atoms with Gasteiger partial charge in [-0.25, -0.2) is 4.39 Å². The lowest BCUT2D eigenvalue weighted by Gasteiger charge is -2.35. The van der Waals surface area contributed by atoms with Gasteiger partial charge in [0, 0.05) is 47.8 Å². The van der Waals surface area contributed by atoms with E-state index in [1.807, 2.05) is 29.2 Å². The molecule has 0 aromatic heterocycles. The molecular weight excluding hydrogens is 395 g/mol. The van der Waals surface area contributed by atoms with Gasteiger partial charge >= 0.3 is 0 Å². The van der Waals surface area contributed by atoms with E-state index >= 15 is 0 Å². The highest BCUT2D eigenvalue weighted by Gasteiger charge is 2.22. The third-order valence-corrected chi connectivity index (χ3v) is 5.04. The summed E-state index contributed by atoms with van der Waals surface area (Å²) in [5.74, 6) is -0.268. The lowest BCUT2D eigenvalue weighted by Crippen LogP contribution is -2.48. The van der Waals surface area contributed by atoms with Gasteiger partial charge in [-0.15, -0.1) is 0 Å². The molecule has 6 heteroatoms. The SMILES string of the molecule is O=C(c1ccc(Br)cc1)N1CCN(Cc2ccc(F)cc2Cl)CC1. The number of rotatable bonds is 3. The predicted octanol–water partition coefficient (Wildman–Crippen LogP) is 4.20. The van der Waals surface area contributed by atoms with Crippen LogP contribution in [0.3, 0.4) is 0 Å². The zero-order valence-electron chi connectivity index (χ0n) is 13.0. The van der Waals surface area contributed by atoms with Crippen molar-refractivity contribution in [3.8, 4) is 0 Å². The number of hydrogen-bond acceptors (Lipinski definition) is 2. The molecule has 1 heterocycles. The number of carbonyl (C=O) groups excluding carboxylic acids is 1. The lowest BCUT2D eigenvalue weighted by molar-refractivity contribution is 0.0628. The third kappa shape index (κ3) is 4.15. The summed E-state index contributed by atoms with van der Waals surface area (Å²) in [6, 6.07) is 11.9. The first-order chi connectivity index (χ1) is 11.5. The Morgan fingerprint density at radius 1 is 1.08 bits per heavy atom. The van der Waals surface area contributed by atoms with Crippen molar-refractivity contribution in [3.05, 3.63) is 68.9 Å². The maximum Gasteiger partial charge on any atom is 0.253 e. The van der Waals surface area contributed by atoms with Crippen molar-refractivity contribution >= 4 is 33.4 Å². The Kier molecular flexibility index (Phi) is 5.54. The Morgan fingerprint density at radius 3 is 2.38 bits per heavy atom. The number of hydrogen-bond donors (Lipinski definition) is 0. The van der Waals surface area contributed by atoms with E-state index in [0.29, 0.717) is 30.2 Å². The topological polar surface area (TPSA) is 23.6 Å². The summed E-state index contributed by atoms with van der Waals surface area (Å²) in [6.45, 7) is 3.56. The van der Waals surface area contributed by atoms with E-state index in [1.54, 1.807) is 6.07 Å². The molecule has 0 spiro atoms. The third-order valence-electron chi connectivity index (χ3n) is 4.16. The fraction of sp³-hybridized carbons (Fsp3) is 0.278. The first kappa shape index (κ1) is 17.4. The molecule has 1 fully saturated rings. The van der Waals surface area contributed by atoms with Crippen molar-refractivity contribution in [2.75, 3.05) is 26.2 Å². The van der Waals surface area contributed by atoms with Crippen LogP contribution in [0.2, 0.25) is 5.02 Å². The van der Waals surface area contributed by atoms with Gasteiger partial charge in [-0.1, -0.05) is 33.6 Å². The molecule has 0 bridgehead atoms. The molecule has 0 unspecified atom stereocenters. The second-order valence-electron chi connectivity index (χ2n) is 5.81. The van der Waals surface area contributed by atoms with Crippen LogP contribution in [-0.2, 0) is 6.54 Å². The van der Waals surface area contributed by atoms with Crippen LogP contribution < -0.4 is 0 Å². The van der Waals surface area contributed by atoms with E-state index < -0.39 is 0 Å². The van der Waals surface area contributed by atoms with Crippen molar-refractivity contribution in [2.24, 2.45) is 0 Å². The molecule has 1 amide bonds. The van der Waals surface area contributed by atoms with E-state index in [9.17, 15) is 9.18 Å². The van der Waals surface area contributed by atoms with Gasteiger partial charge in [-0.05, 0) is 42.0 Å². The molecule has 1 aliphatic heterocycles. The van der Waals surface area contributed by atoms with Gasteiger partial charge in [0.2, 0.25) is 0 Å². The monoisotopic (exact) mass is 410 g/mol. The number of nitrogens with zero attached hydrogens (tertiary/aromatic N) is 2. The Bertz CT molecular complexity index is 730. The average molecular weight is 412 g/mol. The highest BCUT2D eigenvalue weighted by Crippen LogP contribution is 2.20. The van der Waals surface area contributed by atoms with E-state index in [0.717, 1.165) is 23.1 Å². The molecule has 2 aromatic rings. The molecule has 2 aromatic carbocycles. The highest BCUT2D eigenvalue weighted by atomic mass is 79.9. The standard InChI is InChI=1S/C18H17BrClFN2O/c19-15-4-1-13(2-5-15)18(24)23-9-7-22(8-10-23)12-14-3-6-16(21)11-17(14)20/h1-6,11H,7-10,12H2. The summed E-state index contributed by atoms with van der Waals surface area (Å²) in [4.78, 5) is 16.6. The zero-order chi connectivity index (χ0) is 17.1. The Balaban J connectivity index is 1.57. The molecule has 24 heavy (non-hydrogen) atoms. The molecule has 1 saturated heterocycles. The van der Waals surface area contributed by atoms with Crippen LogP contribution in [0.25, 0.3) is 0 Å². The fourth-order valence-electron chi connectivity index (χ4n) is 2.77. The van der Waals surface area contributed by atoms with E-state index in [-0.39, 0.29) is 11.7 Å². The van der Waals surface area contributed by atoms with Gasteiger partial charge in [0.25, 0.3) is 5.91 Å². The molecule has 1 aliphatic rings. The minimum Gasteiger partial charge on any atom is -0.336 e. The number of halogens is 3. The van der Waals surface area contributed by atoms with Crippen molar-refractivity contribution in [3.63, 3.8) is 0 Å². The van der Waals surface area contributed by atoms with Crippen LogP contribution in [0, 0.1) is 5.82 Å². The van der Waals surface area contributed by atoms with Gasteiger partial charge in [0.15, 0.2) is 0 Å². The summed E-state index contributed by atoms with van der Waals surface area (Å²) in [5, 5.41) is 0.448. The molecule has 0 atom stereocenters. The van der Waals surface area contributed by atoms with E-state index in [1.165, 1.54) is 12.1 Å². The maximum absolute atomic E-state index is 13.1. The van der Waals surface area contributed by atoms with Gasteiger partial charge in [-0.2, -0.15) is 0 Å². The van der Waals surface area contributed by atoms with Crippen LogP contribution in [-0.4, -0.2) is 41.9 Å². The first-order valence-electron chi connectivity index (χ1n) is 7.74. The summed E-state index contributed by atoms with van der Waals surface area (Å²) in [5.41, 5.74) is 1.61.